The molecule has 0 bridgehead atoms. The van der Waals surface area contributed by atoms with Gasteiger partial charge in [0.05, 0.1) is 12.0 Å². The molecule has 4 rings (SSSR count). The molecule has 1 aliphatic rings. The van der Waals surface area contributed by atoms with Gasteiger partial charge in [0.1, 0.15) is 6.10 Å². The zero-order chi connectivity index (χ0) is 30.9. The minimum absolute atomic E-state index is 0.0154. The summed E-state index contributed by atoms with van der Waals surface area (Å²) in [5.41, 5.74) is 7.19. The quantitative estimate of drug-likeness (QED) is 0.238. The molecule has 0 saturated carbocycles. The third-order valence-electron chi connectivity index (χ3n) is 8.76. The van der Waals surface area contributed by atoms with Crippen LogP contribution >= 0.6 is 0 Å². The molecule has 4 nitrogen and oxygen atoms in total. The van der Waals surface area contributed by atoms with Crippen molar-refractivity contribution in [3.8, 4) is 0 Å². The lowest BCUT2D eigenvalue weighted by molar-refractivity contribution is 0.0315. The van der Waals surface area contributed by atoms with Crippen molar-refractivity contribution >= 4 is 6.16 Å². The van der Waals surface area contributed by atoms with Gasteiger partial charge in [-0.05, 0) is 56.5 Å². The van der Waals surface area contributed by atoms with E-state index in [1.807, 2.05) is 0 Å². The average molecular weight is 570 g/mol. The van der Waals surface area contributed by atoms with Crippen LogP contribution in [-0.2, 0) is 31.1 Å². The molecule has 0 aromatic heterocycles. The topological polar surface area (TPSA) is 47.6 Å². The van der Waals surface area contributed by atoms with Gasteiger partial charge < -0.3 is 14.8 Å². The number of hydrogen-bond acceptors (Lipinski definition) is 4. The van der Waals surface area contributed by atoms with Crippen LogP contribution < -0.4 is 5.32 Å². The van der Waals surface area contributed by atoms with Crippen LogP contribution in [0.3, 0.4) is 0 Å². The molecule has 3 aromatic rings. The molecule has 226 valence electrons. The SMILES string of the molecule is CCOC(=O)O[C@H]1CNC(C(c2ccc(C(C)(C)C)cc2)(c2ccc(C(C)(C)C)cc2)c2ccc(C(C)(C)C)cc2)C1. The smallest absolute Gasteiger partial charge is 0.435 e. The van der Waals surface area contributed by atoms with E-state index in [0.29, 0.717) is 19.6 Å². The second kappa shape index (κ2) is 11.9. The summed E-state index contributed by atoms with van der Waals surface area (Å²) in [4.78, 5) is 12.3. The molecule has 1 N–H and O–H groups in total. The van der Waals surface area contributed by atoms with Gasteiger partial charge in [-0.15, -0.1) is 0 Å². The van der Waals surface area contributed by atoms with Crippen molar-refractivity contribution in [1.82, 2.24) is 5.32 Å². The van der Waals surface area contributed by atoms with Gasteiger partial charge in [-0.25, -0.2) is 4.79 Å². The summed E-state index contributed by atoms with van der Waals surface area (Å²) in [6.45, 7) is 22.9. The lowest BCUT2D eigenvalue weighted by Crippen LogP contribution is -2.47. The zero-order valence-corrected chi connectivity index (χ0v) is 27.4. The van der Waals surface area contributed by atoms with Crippen molar-refractivity contribution in [2.45, 2.75) is 109 Å². The highest BCUT2D eigenvalue weighted by atomic mass is 16.7. The van der Waals surface area contributed by atoms with E-state index in [4.69, 9.17) is 9.47 Å². The van der Waals surface area contributed by atoms with Crippen LogP contribution in [-0.4, -0.2) is 31.5 Å². The van der Waals surface area contributed by atoms with E-state index in [9.17, 15) is 4.79 Å². The lowest BCUT2D eigenvalue weighted by Gasteiger charge is -2.42. The van der Waals surface area contributed by atoms with Gasteiger partial charge in [-0.3, -0.25) is 0 Å². The first-order valence-electron chi connectivity index (χ1n) is 15.5. The zero-order valence-electron chi connectivity index (χ0n) is 27.4. The molecule has 0 aliphatic carbocycles. The van der Waals surface area contributed by atoms with Crippen molar-refractivity contribution in [2.24, 2.45) is 0 Å². The minimum Gasteiger partial charge on any atom is -0.435 e. The Hall–Kier alpha value is -3.11. The van der Waals surface area contributed by atoms with Crippen LogP contribution in [0.5, 0.6) is 0 Å². The third kappa shape index (κ3) is 6.59. The standard InChI is InChI=1S/C38H51NO3/c1-11-41-34(40)42-32-24-33(39-25-32)38(29-18-12-26(13-19-29)35(2,3)4,30-20-14-27(15-21-30)36(5,6)7)31-22-16-28(17-23-31)37(8,9)10/h12-23,32-33,39H,11,24-25H2,1-10H3/t32-,33?/m1/s1. The number of rotatable bonds is 6. The fourth-order valence-corrected chi connectivity index (χ4v) is 6.21. The summed E-state index contributed by atoms with van der Waals surface area (Å²) in [5.74, 6) is 0. The van der Waals surface area contributed by atoms with Crippen molar-refractivity contribution < 1.29 is 14.3 Å². The monoisotopic (exact) mass is 569 g/mol. The second-order valence-corrected chi connectivity index (χ2v) is 14.9. The summed E-state index contributed by atoms with van der Waals surface area (Å²) in [6, 6.07) is 27.5. The van der Waals surface area contributed by atoms with Crippen LogP contribution in [0, 0.1) is 0 Å². The molecule has 42 heavy (non-hydrogen) atoms. The summed E-state index contributed by atoms with van der Waals surface area (Å²) in [6.07, 6.45) is -0.207. The van der Waals surface area contributed by atoms with E-state index in [1.54, 1.807) is 6.92 Å². The number of ether oxygens (including phenoxy) is 2. The number of carbonyl (C=O) groups excluding carboxylic acids is 1. The second-order valence-electron chi connectivity index (χ2n) is 14.9. The van der Waals surface area contributed by atoms with Crippen molar-refractivity contribution in [2.75, 3.05) is 13.2 Å². The Bertz CT molecular complexity index is 1190. The van der Waals surface area contributed by atoms with E-state index >= 15 is 0 Å². The van der Waals surface area contributed by atoms with Crippen molar-refractivity contribution in [1.29, 1.82) is 0 Å². The van der Waals surface area contributed by atoms with Gasteiger partial charge in [0.25, 0.3) is 0 Å². The molecule has 1 unspecified atom stereocenters. The first-order valence-corrected chi connectivity index (χ1v) is 15.5. The molecule has 1 fully saturated rings. The Kier molecular flexibility index (Phi) is 9.00. The summed E-state index contributed by atoms with van der Waals surface area (Å²) in [5, 5.41) is 3.79. The van der Waals surface area contributed by atoms with Gasteiger partial charge in [-0.1, -0.05) is 135 Å². The highest BCUT2D eigenvalue weighted by molar-refractivity contribution is 5.60. The highest BCUT2D eigenvalue weighted by Crippen LogP contribution is 2.46. The molecule has 0 spiro atoms. The Morgan fingerprint density at radius 2 is 0.976 bits per heavy atom. The van der Waals surface area contributed by atoms with Gasteiger partial charge in [-0.2, -0.15) is 0 Å². The summed E-state index contributed by atoms with van der Waals surface area (Å²) in [7, 11) is 0. The third-order valence-corrected chi connectivity index (χ3v) is 8.76. The van der Waals surface area contributed by atoms with Crippen LogP contribution in [0.1, 0.15) is 109 Å². The van der Waals surface area contributed by atoms with E-state index in [0.717, 1.165) is 0 Å². The molecule has 0 amide bonds. The maximum Gasteiger partial charge on any atom is 0.508 e. The predicted molar refractivity (Wildman–Crippen MR) is 174 cm³/mol. The van der Waals surface area contributed by atoms with Gasteiger partial charge in [0.15, 0.2) is 0 Å². The molecule has 1 aliphatic heterocycles. The Balaban J connectivity index is 1.94. The van der Waals surface area contributed by atoms with Gasteiger partial charge >= 0.3 is 6.16 Å². The fraction of sp³-hybridized carbons (Fsp3) is 0.500. The summed E-state index contributed by atoms with van der Waals surface area (Å²) >= 11 is 0. The van der Waals surface area contributed by atoms with Crippen LogP contribution in [0.15, 0.2) is 72.8 Å². The maximum absolute atomic E-state index is 12.3. The van der Waals surface area contributed by atoms with Crippen molar-refractivity contribution in [3.63, 3.8) is 0 Å². The number of benzene rings is 3. The molecule has 1 saturated heterocycles. The Morgan fingerprint density at radius 3 is 1.29 bits per heavy atom. The normalized spacial score (nSPS) is 18.1. The van der Waals surface area contributed by atoms with E-state index in [-0.39, 0.29) is 28.4 Å². The minimum atomic E-state index is -0.603. The largest absolute Gasteiger partial charge is 0.508 e. The van der Waals surface area contributed by atoms with Crippen LogP contribution in [0.4, 0.5) is 4.79 Å². The molecule has 1 heterocycles. The molecule has 4 heteroatoms. The van der Waals surface area contributed by atoms with E-state index < -0.39 is 11.6 Å². The maximum atomic E-state index is 12.3. The molecular formula is C38H51NO3. The van der Waals surface area contributed by atoms with Crippen LogP contribution in [0.25, 0.3) is 0 Å². The van der Waals surface area contributed by atoms with Crippen molar-refractivity contribution in [3.05, 3.63) is 106 Å². The Labute approximate surface area is 254 Å². The number of nitrogens with one attached hydrogen (secondary N) is 1. The predicted octanol–water partition coefficient (Wildman–Crippen LogP) is 8.82. The van der Waals surface area contributed by atoms with Gasteiger partial charge in [0, 0.05) is 19.0 Å². The fourth-order valence-electron chi connectivity index (χ4n) is 6.21. The highest BCUT2D eigenvalue weighted by Gasteiger charge is 2.48. The first kappa shape index (κ1) is 31.8. The molecule has 0 radical (unpaired) electrons. The summed E-state index contributed by atoms with van der Waals surface area (Å²) < 4.78 is 10.9. The molecular weight excluding hydrogens is 518 g/mol. The Morgan fingerprint density at radius 1 is 0.643 bits per heavy atom. The number of carbonyl (C=O) groups is 1. The van der Waals surface area contributed by atoms with E-state index in [2.05, 4.69) is 140 Å². The van der Waals surface area contributed by atoms with Crippen LogP contribution in [0.2, 0.25) is 0 Å². The average Bonchev–Trinajstić information content (AvgIpc) is 3.37. The number of hydrogen-bond donors (Lipinski definition) is 1. The van der Waals surface area contributed by atoms with Gasteiger partial charge in [0.2, 0.25) is 0 Å². The molecule has 2 atom stereocenters. The first-order chi connectivity index (χ1) is 19.6. The molecule has 3 aromatic carbocycles. The van der Waals surface area contributed by atoms with E-state index in [1.165, 1.54) is 33.4 Å². The lowest BCUT2D eigenvalue weighted by atomic mass is 9.63.